The topological polar surface area (TPSA) is 83.6 Å². The van der Waals surface area contributed by atoms with Crippen molar-refractivity contribution in [2.24, 2.45) is 0 Å². The number of amides is 2. The third-order valence-electron chi connectivity index (χ3n) is 4.18. The van der Waals surface area contributed by atoms with Crippen LogP contribution in [0.25, 0.3) is 0 Å². The number of hydrogen-bond acceptors (Lipinski definition) is 5. The highest BCUT2D eigenvalue weighted by atomic mass is 19.1. The summed E-state index contributed by atoms with van der Waals surface area (Å²) in [6.07, 6.45) is 2.79. The van der Waals surface area contributed by atoms with Crippen molar-refractivity contribution < 1.29 is 18.7 Å². The molecule has 142 valence electrons. The molecule has 2 N–H and O–H groups in total. The van der Waals surface area contributed by atoms with Gasteiger partial charge in [0.1, 0.15) is 5.82 Å². The second kappa shape index (κ2) is 9.20. The molecule has 8 heteroatoms. The lowest BCUT2D eigenvalue weighted by atomic mass is 10.2. The molecule has 1 saturated heterocycles. The van der Waals surface area contributed by atoms with Crippen LogP contribution in [0.3, 0.4) is 0 Å². The number of nitrogens with one attached hydrogen (secondary N) is 2. The van der Waals surface area contributed by atoms with Gasteiger partial charge in [-0.05, 0) is 30.3 Å². The van der Waals surface area contributed by atoms with E-state index < -0.39 is 5.91 Å². The molecule has 1 aromatic carbocycles. The van der Waals surface area contributed by atoms with Crippen LogP contribution >= 0.6 is 0 Å². The zero-order chi connectivity index (χ0) is 19.1. The number of carbonyl (C=O) groups excluding carboxylic acids is 2. The Hall–Kier alpha value is -2.84. The molecule has 1 aliphatic heterocycles. The molecule has 2 heterocycles. The summed E-state index contributed by atoms with van der Waals surface area (Å²) in [6, 6.07) is 6.92. The zero-order valence-electron chi connectivity index (χ0n) is 14.8. The summed E-state index contributed by atoms with van der Waals surface area (Å²) >= 11 is 0. The molecule has 0 bridgehead atoms. The molecule has 0 aliphatic carbocycles. The van der Waals surface area contributed by atoms with Crippen molar-refractivity contribution in [2.75, 3.05) is 44.7 Å². The number of morpholine rings is 1. The molecule has 1 aliphatic rings. The summed E-state index contributed by atoms with van der Waals surface area (Å²) in [5.41, 5.74) is 1.02. The fourth-order valence-corrected chi connectivity index (χ4v) is 2.68. The number of ether oxygens (including phenoxy) is 1. The smallest absolute Gasteiger partial charge is 0.257 e. The fourth-order valence-electron chi connectivity index (χ4n) is 2.68. The van der Waals surface area contributed by atoms with E-state index in [-0.39, 0.29) is 17.3 Å². The first-order valence-electron chi connectivity index (χ1n) is 8.72. The van der Waals surface area contributed by atoms with Crippen molar-refractivity contribution in [2.45, 2.75) is 0 Å². The number of aromatic nitrogens is 1. The standard InChI is InChI=1S/C19H21FN4O3/c20-16-1-3-17(4-2-16)23-19(26)15-11-14(12-21-13-15)18(25)22-5-6-24-7-9-27-10-8-24/h1-4,11-13H,5-10H2,(H,22,25)(H,23,26). The van der Waals surface area contributed by atoms with E-state index in [0.717, 1.165) is 19.6 Å². The number of anilines is 1. The van der Waals surface area contributed by atoms with Crippen molar-refractivity contribution in [1.82, 2.24) is 15.2 Å². The number of benzene rings is 1. The molecule has 3 rings (SSSR count). The Morgan fingerprint density at radius 1 is 1.07 bits per heavy atom. The van der Waals surface area contributed by atoms with Gasteiger partial charge in [0.15, 0.2) is 0 Å². The normalized spacial score (nSPS) is 14.6. The van der Waals surface area contributed by atoms with Gasteiger partial charge in [-0.3, -0.25) is 19.5 Å². The van der Waals surface area contributed by atoms with Gasteiger partial charge < -0.3 is 15.4 Å². The Morgan fingerprint density at radius 2 is 1.74 bits per heavy atom. The number of rotatable bonds is 6. The summed E-state index contributed by atoms with van der Waals surface area (Å²) in [5, 5.41) is 5.48. The Morgan fingerprint density at radius 3 is 2.44 bits per heavy atom. The third-order valence-corrected chi connectivity index (χ3v) is 4.18. The first-order chi connectivity index (χ1) is 13.1. The number of carbonyl (C=O) groups is 2. The van der Waals surface area contributed by atoms with Crippen LogP contribution < -0.4 is 10.6 Å². The van der Waals surface area contributed by atoms with E-state index >= 15 is 0 Å². The first kappa shape index (κ1) is 18.9. The Labute approximate surface area is 156 Å². The van der Waals surface area contributed by atoms with Crippen LogP contribution in [0.15, 0.2) is 42.7 Å². The molecule has 27 heavy (non-hydrogen) atoms. The van der Waals surface area contributed by atoms with E-state index in [2.05, 4.69) is 20.5 Å². The van der Waals surface area contributed by atoms with Gasteiger partial charge >= 0.3 is 0 Å². The fraction of sp³-hybridized carbons (Fsp3) is 0.316. The molecule has 0 unspecified atom stereocenters. The summed E-state index contributed by atoms with van der Waals surface area (Å²) in [5.74, 6) is -1.09. The van der Waals surface area contributed by atoms with E-state index in [4.69, 9.17) is 4.74 Å². The van der Waals surface area contributed by atoms with Crippen molar-refractivity contribution in [1.29, 1.82) is 0 Å². The van der Waals surface area contributed by atoms with Crippen LogP contribution in [0.2, 0.25) is 0 Å². The lowest BCUT2D eigenvalue weighted by Gasteiger charge is -2.26. The molecule has 0 saturated carbocycles. The highest BCUT2D eigenvalue weighted by Gasteiger charge is 2.13. The predicted octanol–water partition coefficient (Wildman–Crippen LogP) is 1.53. The van der Waals surface area contributed by atoms with E-state index in [9.17, 15) is 14.0 Å². The number of pyridine rings is 1. The van der Waals surface area contributed by atoms with Gasteiger partial charge in [-0.2, -0.15) is 0 Å². The maximum atomic E-state index is 12.9. The number of nitrogens with zero attached hydrogens (tertiary/aromatic N) is 2. The second-order valence-corrected chi connectivity index (χ2v) is 6.13. The summed E-state index contributed by atoms with van der Waals surface area (Å²) in [4.78, 5) is 30.8. The number of halogens is 1. The lowest BCUT2D eigenvalue weighted by Crippen LogP contribution is -2.41. The molecular weight excluding hydrogens is 351 g/mol. The van der Waals surface area contributed by atoms with Gasteiger partial charge in [0.2, 0.25) is 0 Å². The minimum absolute atomic E-state index is 0.250. The SMILES string of the molecule is O=C(NCCN1CCOCC1)c1cncc(C(=O)Nc2ccc(F)cc2)c1. The largest absolute Gasteiger partial charge is 0.379 e. The first-order valence-corrected chi connectivity index (χ1v) is 8.72. The minimum atomic E-state index is -0.419. The Balaban J connectivity index is 1.54. The van der Waals surface area contributed by atoms with Gasteiger partial charge in [-0.15, -0.1) is 0 Å². The average molecular weight is 372 g/mol. The van der Waals surface area contributed by atoms with Gasteiger partial charge in [0.05, 0.1) is 24.3 Å². The molecule has 1 fully saturated rings. The van der Waals surface area contributed by atoms with Crippen molar-refractivity contribution in [3.8, 4) is 0 Å². The zero-order valence-corrected chi connectivity index (χ0v) is 14.8. The van der Waals surface area contributed by atoms with Crippen LogP contribution in [0.1, 0.15) is 20.7 Å². The highest BCUT2D eigenvalue weighted by Crippen LogP contribution is 2.11. The molecule has 2 amide bonds. The van der Waals surface area contributed by atoms with Crippen LogP contribution in [0.4, 0.5) is 10.1 Å². The van der Waals surface area contributed by atoms with Crippen LogP contribution in [0, 0.1) is 5.82 Å². The number of hydrogen-bond donors (Lipinski definition) is 2. The molecule has 0 radical (unpaired) electrons. The van der Waals surface area contributed by atoms with E-state index in [0.29, 0.717) is 31.0 Å². The molecule has 1 aromatic heterocycles. The summed E-state index contributed by atoms with van der Waals surface area (Å²) in [6.45, 7) is 4.39. The summed E-state index contributed by atoms with van der Waals surface area (Å²) in [7, 11) is 0. The van der Waals surface area contributed by atoms with Gasteiger partial charge in [-0.1, -0.05) is 0 Å². The monoisotopic (exact) mass is 372 g/mol. The Bertz CT molecular complexity index is 792. The van der Waals surface area contributed by atoms with Crippen LogP contribution in [0.5, 0.6) is 0 Å². The highest BCUT2D eigenvalue weighted by molar-refractivity contribution is 6.05. The molecular formula is C19H21FN4O3. The average Bonchev–Trinajstić information content (AvgIpc) is 2.70. The lowest BCUT2D eigenvalue weighted by molar-refractivity contribution is 0.0383. The van der Waals surface area contributed by atoms with Gasteiger partial charge in [0.25, 0.3) is 11.8 Å². The van der Waals surface area contributed by atoms with Gasteiger partial charge in [-0.25, -0.2) is 4.39 Å². The Kier molecular flexibility index (Phi) is 6.45. The van der Waals surface area contributed by atoms with Crippen molar-refractivity contribution >= 4 is 17.5 Å². The van der Waals surface area contributed by atoms with E-state index in [1.807, 2.05) is 0 Å². The molecule has 0 spiro atoms. The van der Waals surface area contributed by atoms with Crippen molar-refractivity contribution in [3.63, 3.8) is 0 Å². The maximum absolute atomic E-state index is 12.9. The predicted molar refractivity (Wildman–Crippen MR) is 98.2 cm³/mol. The van der Waals surface area contributed by atoms with E-state index in [1.54, 1.807) is 0 Å². The minimum Gasteiger partial charge on any atom is -0.379 e. The molecule has 7 nitrogen and oxygen atoms in total. The quantitative estimate of drug-likeness (QED) is 0.804. The maximum Gasteiger partial charge on any atom is 0.257 e. The summed E-state index contributed by atoms with van der Waals surface area (Å²) < 4.78 is 18.2. The molecule has 0 atom stereocenters. The van der Waals surface area contributed by atoms with Crippen LogP contribution in [-0.4, -0.2) is 61.1 Å². The third kappa shape index (κ3) is 5.57. The van der Waals surface area contributed by atoms with Crippen molar-refractivity contribution in [3.05, 3.63) is 59.7 Å². The van der Waals surface area contributed by atoms with Gasteiger partial charge in [0, 0.05) is 44.3 Å². The second-order valence-electron chi connectivity index (χ2n) is 6.13. The van der Waals surface area contributed by atoms with E-state index in [1.165, 1.54) is 42.7 Å². The molecule has 2 aromatic rings. The van der Waals surface area contributed by atoms with Crippen LogP contribution in [-0.2, 0) is 4.74 Å².